The zero-order valence-electron chi connectivity index (χ0n) is 15.9. The second-order valence-electron chi connectivity index (χ2n) is 6.09. The van der Waals surface area contributed by atoms with Gasteiger partial charge in [-0.3, -0.25) is 0 Å². The predicted octanol–water partition coefficient (Wildman–Crippen LogP) is 4.60. The Morgan fingerprint density at radius 3 is 2.61 bits per heavy atom. The third kappa shape index (κ3) is 3.91. The van der Waals surface area contributed by atoms with Crippen molar-refractivity contribution >= 4 is 28.2 Å². The number of nitrogens with one attached hydrogen (secondary N) is 1. The molecule has 3 rings (SSSR count). The molecule has 28 heavy (non-hydrogen) atoms. The van der Waals surface area contributed by atoms with E-state index in [4.69, 9.17) is 9.47 Å². The second kappa shape index (κ2) is 8.43. The van der Waals surface area contributed by atoms with Gasteiger partial charge < -0.3 is 19.9 Å². The number of phenolic OH excluding ortho intramolecular Hbond substituents is 1. The van der Waals surface area contributed by atoms with E-state index in [1.165, 1.54) is 0 Å². The maximum absolute atomic E-state index is 12.3. The number of fused-ring (bicyclic) bond motifs is 1. The number of pyridine rings is 1. The predicted molar refractivity (Wildman–Crippen MR) is 110 cm³/mol. The standard InChI is InChI=1S/C22H22N2O4/c1-4-6-14-7-12-17-18(20(14)25)13-19(22(26)28-5-2)24-21(17)23-15-8-10-16(27-3)11-9-15/h4,7-13,25H,1,5-6H2,2-3H3,(H,23,24). The number of carbonyl (C=O) groups is 1. The van der Waals surface area contributed by atoms with Crippen LogP contribution in [0.15, 0.2) is 55.1 Å². The molecule has 0 unspecified atom stereocenters. The van der Waals surface area contributed by atoms with E-state index >= 15 is 0 Å². The quantitative estimate of drug-likeness (QED) is 0.462. The maximum atomic E-state index is 12.3. The number of nitrogens with zero attached hydrogens (tertiary/aromatic N) is 1. The average Bonchev–Trinajstić information content (AvgIpc) is 2.71. The molecule has 0 radical (unpaired) electrons. The molecular weight excluding hydrogens is 356 g/mol. The van der Waals surface area contributed by atoms with Crippen LogP contribution in [0.2, 0.25) is 0 Å². The van der Waals surface area contributed by atoms with Crippen molar-refractivity contribution in [2.45, 2.75) is 13.3 Å². The van der Waals surface area contributed by atoms with Crippen molar-refractivity contribution in [2.24, 2.45) is 0 Å². The zero-order chi connectivity index (χ0) is 20.1. The van der Waals surface area contributed by atoms with Crippen molar-refractivity contribution in [3.05, 3.63) is 66.4 Å². The Hall–Kier alpha value is -3.54. The molecule has 0 fully saturated rings. The summed E-state index contributed by atoms with van der Waals surface area (Å²) in [5.41, 5.74) is 1.61. The highest BCUT2D eigenvalue weighted by molar-refractivity contribution is 6.02. The largest absolute Gasteiger partial charge is 0.507 e. The number of carbonyl (C=O) groups excluding carboxylic acids is 1. The first-order chi connectivity index (χ1) is 13.6. The van der Waals surface area contributed by atoms with E-state index in [9.17, 15) is 9.90 Å². The molecule has 2 aromatic carbocycles. The molecule has 6 nitrogen and oxygen atoms in total. The van der Waals surface area contributed by atoms with Crippen LogP contribution in [0.25, 0.3) is 10.8 Å². The van der Waals surface area contributed by atoms with Gasteiger partial charge in [-0.25, -0.2) is 9.78 Å². The number of phenols is 1. The van der Waals surface area contributed by atoms with E-state index in [0.717, 1.165) is 17.0 Å². The summed E-state index contributed by atoms with van der Waals surface area (Å²) in [5, 5.41) is 15.1. The lowest BCUT2D eigenvalue weighted by Crippen LogP contribution is -2.09. The summed E-state index contributed by atoms with van der Waals surface area (Å²) >= 11 is 0. The van der Waals surface area contributed by atoms with Crippen molar-refractivity contribution in [1.29, 1.82) is 0 Å². The topological polar surface area (TPSA) is 80.7 Å². The van der Waals surface area contributed by atoms with Gasteiger partial charge in [0.15, 0.2) is 5.69 Å². The normalized spacial score (nSPS) is 10.5. The van der Waals surface area contributed by atoms with Gasteiger partial charge in [-0.1, -0.05) is 18.2 Å². The van der Waals surface area contributed by atoms with Gasteiger partial charge in [0, 0.05) is 16.5 Å². The lowest BCUT2D eigenvalue weighted by Gasteiger charge is -2.14. The van der Waals surface area contributed by atoms with Gasteiger partial charge in [-0.2, -0.15) is 0 Å². The number of rotatable bonds is 7. The molecule has 1 heterocycles. The smallest absolute Gasteiger partial charge is 0.357 e. The molecule has 0 saturated heterocycles. The summed E-state index contributed by atoms with van der Waals surface area (Å²) in [6.45, 7) is 5.68. The van der Waals surface area contributed by atoms with Crippen molar-refractivity contribution in [3.8, 4) is 11.5 Å². The molecule has 3 aromatic rings. The maximum Gasteiger partial charge on any atom is 0.357 e. The van der Waals surface area contributed by atoms with Crippen molar-refractivity contribution in [2.75, 3.05) is 19.0 Å². The Morgan fingerprint density at radius 1 is 1.21 bits per heavy atom. The van der Waals surface area contributed by atoms with Gasteiger partial charge in [0.2, 0.25) is 0 Å². The van der Waals surface area contributed by atoms with E-state index in [1.54, 1.807) is 26.2 Å². The van der Waals surface area contributed by atoms with Crippen LogP contribution >= 0.6 is 0 Å². The van der Waals surface area contributed by atoms with E-state index in [-0.39, 0.29) is 18.1 Å². The molecule has 0 bridgehead atoms. The summed E-state index contributed by atoms with van der Waals surface area (Å²) in [7, 11) is 1.60. The summed E-state index contributed by atoms with van der Waals surface area (Å²) < 4.78 is 10.3. The number of methoxy groups -OCH3 is 1. The first-order valence-electron chi connectivity index (χ1n) is 8.92. The van der Waals surface area contributed by atoms with Crippen LogP contribution in [-0.4, -0.2) is 29.8 Å². The van der Waals surface area contributed by atoms with E-state index in [1.807, 2.05) is 36.4 Å². The molecule has 0 spiro atoms. The molecular formula is C22H22N2O4. The highest BCUT2D eigenvalue weighted by Gasteiger charge is 2.17. The Kier molecular flexibility index (Phi) is 5.79. The first-order valence-corrected chi connectivity index (χ1v) is 8.92. The van der Waals surface area contributed by atoms with Crippen molar-refractivity contribution in [1.82, 2.24) is 4.98 Å². The molecule has 0 aliphatic rings. The van der Waals surface area contributed by atoms with Gasteiger partial charge in [0.05, 0.1) is 13.7 Å². The number of aromatic hydroxyl groups is 1. The summed E-state index contributed by atoms with van der Waals surface area (Å²) in [4.78, 5) is 16.7. The monoisotopic (exact) mass is 378 g/mol. The van der Waals surface area contributed by atoms with E-state index in [2.05, 4.69) is 16.9 Å². The van der Waals surface area contributed by atoms with Gasteiger partial charge >= 0.3 is 5.97 Å². The highest BCUT2D eigenvalue weighted by Crippen LogP contribution is 2.34. The molecule has 0 atom stereocenters. The summed E-state index contributed by atoms with van der Waals surface area (Å²) in [5.74, 6) is 0.736. The minimum atomic E-state index is -0.546. The molecule has 6 heteroatoms. The first kappa shape index (κ1) is 19.2. The number of hydrogen-bond acceptors (Lipinski definition) is 6. The van der Waals surface area contributed by atoms with Crippen LogP contribution < -0.4 is 10.1 Å². The third-order valence-corrected chi connectivity index (χ3v) is 4.27. The molecule has 2 N–H and O–H groups in total. The summed E-state index contributed by atoms with van der Waals surface area (Å²) in [6.07, 6.45) is 2.23. The number of benzene rings is 2. The van der Waals surface area contributed by atoms with Gasteiger partial charge in [-0.05, 0) is 49.2 Å². The average molecular weight is 378 g/mol. The Morgan fingerprint density at radius 2 is 1.96 bits per heavy atom. The number of ether oxygens (including phenoxy) is 2. The van der Waals surface area contributed by atoms with E-state index < -0.39 is 5.97 Å². The highest BCUT2D eigenvalue weighted by atomic mass is 16.5. The fourth-order valence-corrected chi connectivity index (χ4v) is 2.89. The van der Waals surface area contributed by atoms with Gasteiger partial charge in [0.25, 0.3) is 0 Å². The molecule has 1 aromatic heterocycles. The molecule has 0 amide bonds. The van der Waals surface area contributed by atoms with Crippen LogP contribution in [0.3, 0.4) is 0 Å². The number of esters is 1. The van der Waals surface area contributed by atoms with Crippen LogP contribution in [0, 0.1) is 0 Å². The number of anilines is 2. The Bertz CT molecular complexity index is 1010. The third-order valence-electron chi connectivity index (χ3n) is 4.27. The van der Waals surface area contributed by atoms with Crippen LogP contribution in [0.1, 0.15) is 23.0 Å². The minimum absolute atomic E-state index is 0.100. The lowest BCUT2D eigenvalue weighted by atomic mass is 10.0. The number of hydrogen-bond donors (Lipinski definition) is 2. The zero-order valence-corrected chi connectivity index (χ0v) is 15.9. The lowest BCUT2D eigenvalue weighted by molar-refractivity contribution is 0.0520. The van der Waals surface area contributed by atoms with E-state index in [0.29, 0.717) is 23.0 Å². The minimum Gasteiger partial charge on any atom is -0.507 e. The SMILES string of the molecule is C=CCc1ccc2c(Nc3ccc(OC)cc3)nc(C(=O)OCC)cc2c1O. The molecule has 0 aliphatic heterocycles. The van der Waals surface area contributed by atoms with Crippen LogP contribution in [0.4, 0.5) is 11.5 Å². The number of aromatic nitrogens is 1. The van der Waals surface area contributed by atoms with Gasteiger partial charge in [0.1, 0.15) is 17.3 Å². The van der Waals surface area contributed by atoms with Gasteiger partial charge in [-0.15, -0.1) is 6.58 Å². The molecule has 0 aliphatic carbocycles. The van der Waals surface area contributed by atoms with Crippen molar-refractivity contribution < 1.29 is 19.4 Å². The van der Waals surface area contributed by atoms with Crippen molar-refractivity contribution in [3.63, 3.8) is 0 Å². The van der Waals surface area contributed by atoms with Crippen LogP contribution in [-0.2, 0) is 11.2 Å². The fourth-order valence-electron chi connectivity index (χ4n) is 2.89. The Labute approximate surface area is 163 Å². The molecule has 144 valence electrons. The molecule has 0 saturated carbocycles. The Balaban J connectivity index is 2.13. The fraction of sp³-hybridized carbons (Fsp3) is 0.182. The number of allylic oxidation sites excluding steroid dienone is 1. The van der Waals surface area contributed by atoms with Crippen LogP contribution in [0.5, 0.6) is 11.5 Å². The second-order valence-corrected chi connectivity index (χ2v) is 6.09. The summed E-state index contributed by atoms with van der Waals surface area (Å²) in [6, 6.07) is 12.6.